The molecule has 0 aliphatic heterocycles. The maximum absolute atomic E-state index is 10.7. The molecular formula is C7H12N2O3S. The lowest BCUT2D eigenvalue weighted by atomic mass is 10.3. The fraction of sp³-hybridized carbons (Fsp3) is 0.571. The van der Waals surface area contributed by atoms with E-state index >= 15 is 0 Å². The summed E-state index contributed by atoms with van der Waals surface area (Å²) in [5.41, 5.74) is 4.99. The molecule has 0 rings (SSSR count). The van der Waals surface area contributed by atoms with Gasteiger partial charge < -0.3 is 11.1 Å². The van der Waals surface area contributed by atoms with Gasteiger partial charge in [-0.25, -0.2) is 0 Å². The number of amides is 2. The van der Waals surface area contributed by atoms with Crippen LogP contribution in [0.3, 0.4) is 0 Å². The lowest BCUT2D eigenvalue weighted by Crippen LogP contribution is -2.45. The van der Waals surface area contributed by atoms with Gasteiger partial charge in [-0.3, -0.25) is 14.4 Å². The van der Waals surface area contributed by atoms with E-state index in [-0.39, 0.29) is 16.8 Å². The SMILES string of the molecule is CC(=O)NC(CSC(C)=O)C(N)=O. The number of thioether (sulfide) groups is 1. The summed E-state index contributed by atoms with van der Waals surface area (Å²) >= 11 is 0.955. The van der Waals surface area contributed by atoms with Gasteiger partial charge in [0.05, 0.1) is 0 Å². The minimum absolute atomic E-state index is 0.114. The molecule has 0 saturated carbocycles. The highest BCUT2D eigenvalue weighted by Gasteiger charge is 2.16. The molecule has 74 valence electrons. The number of carbonyl (C=O) groups excluding carboxylic acids is 3. The molecule has 0 aliphatic carbocycles. The molecule has 0 saturated heterocycles. The van der Waals surface area contributed by atoms with Crippen LogP contribution in [0.5, 0.6) is 0 Å². The van der Waals surface area contributed by atoms with Crippen molar-refractivity contribution in [2.45, 2.75) is 19.9 Å². The van der Waals surface area contributed by atoms with Gasteiger partial charge in [0.1, 0.15) is 6.04 Å². The highest BCUT2D eigenvalue weighted by Crippen LogP contribution is 2.03. The first-order chi connectivity index (χ1) is 5.93. The molecule has 3 N–H and O–H groups in total. The molecule has 6 heteroatoms. The van der Waals surface area contributed by atoms with Crippen LogP contribution in [0.2, 0.25) is 0 Å². The Morgan fingerprint density at radius 1 is 1.38 bits per heavy atom. The molecule has 0 heterocycles. The molecule has 1 atom stereocenters. The second kappa shape index (κ2) is 5.58. The Balaban J connectivity index is 4.02. The van der Waals surface area contributed by atoms with Crippen LogP contribution in [0.1, 0.15) is 13.8 Å². The Hall–Kier alpha value is -1.04. The van der Waals surface area contributed by atoms with Crippen LogP contribution in [-0.4, -0.2) is 28.7 Å². The average molecular weight is 204 g/mol. The third-order valence-corrected chi connectivity index (χ3v) is 2.08. The zero-order valence-electron chi connectivity index (χ0n) is 7.49. The largest absolute Gasteiger partial charge is 0.368 e. The van der Waals surface area contributed by atoms with Gasteiger partial charge in [-0.2, -0.15) is 0 Å². The quantitative estimate of drug-likeness (QED) is 0.631. The predicted octanol–water partition coefficient (Wildman–Crippen LogP) is -0.744. The number of hydrogen-bond acceptors (Lipinski definition) is 4. The third-order valence-electron chi connectivity index (χ3n) is 1.17. The number of hydrogen-bond donors (Lipinski definition) is 2. The monoisotopic (exact) mass is 204 g/mol. The van der Waals surface area contributed by atoms with Crippen LogP contribution in [0.15, 0.2) is 0 Å². The fourth-order valence-corrected chi connectivity index (χ4v) is 1.29. The van der Waals surface area contributed by atoms with E-state index in [0.29, 0.717) is 0 Å². The Morgan fingerprint density at radius 2 is 1.92 bits per heavy atom. The average Bonchev–Trinajstić information content (AvgIpc) is 1.96. The van der Waals surface area contributed by atoms with Gasteiger partial charge in [0.2, 0.25) is 11.8 Å². The Morgan fingerprint density at radius 3 is 2.23 bits per heavy atom. The van der Waals surface area contributed by atoms with Crippen LogP contribution >= 0.6 is 11.8 Å². The van der Waals surface area contributed by atoms with Crippen molar-refractivity contribution in [3.63, 3.8) is 0 Å². The van der Waals surface area contributed by atoms with Crippen molar-refractivity contribution < 1.29 is 14.4 Å². The second-order valence-corrected chi connectivity index (χ2v) is 3.65. The van der Waals surface area contributed by atoms with Crippen molar-refractivity contribution >= 4 is 28.7 Å². The smallest absolute Gasteiger partial charge is 0.240 e. The lowest BCUT2D eigenvalue weighted by molar-refractivity contribution is -0.125. The topological polar surface area (TPSA) is 89.3 Å². The van der Waals surface area contributed by atoms with Crippen molar-refractivity contribution in [3.8, 4) is 0 Å². The summed E-state index contributed by atoms with van der Waals surface area (Å²) in [7, 11) is 0. The molecule has 0 radical (unpaired) electrons. The zero-order valence-corrected chi connectivity index (χ0v) is 8.31. The van der Waals surface area contributed by atoms with Gasteiger partial charge in [0.15, 0.2) is 5.12 Å². The normalized spacial score (nSPS) is 11.8. The molecule has 0 fully saturated rings. The number of rotatable bonds is 4. The Kier molecular flexibility index (Phi) is 5.13. The molecule has 0 bridgehead atoms. The van der Waals surface area contributed by atoms with Crippen LogP contribution < -0.4 is 11.1 Å². The molecule has 0 aliphatic rings. The summed E-state index contributed by atoms with van der Waals surface area (Å²) in [6, 6.07) is -0.772. The molecule has 2 amide bonds. The van der Waals surface area contributed by atoms with E-state index in [2.05, 4.69) is 5.32 Å². The molecular weight excluding hydrogens is 192 g/mol. The van der Waals surface area contributed by atoms with Crippen molar-refractivity contribution in [1.82, 2.24) is 5.32 Å². The first-order valence-corrected chi connectivity index (χ1v) is 4.62. The summed E-state index contributed by atoms with van der Waals surface area (Å²) < 4.78 is 0. The van der Waals surface area contributed by atoms with E-state index in [4.69, 9.17) is 5.73 Å². The van der Waals surface area contributed by atoms with Gasteiger partial charge in [-0.05, 0) is 0 Å². The lowest BCUT2D eigenvalue weighted by Gasteiger charge is -2.12. The number of nitrogens with two attached hydrogens (primary N) is 1. The summed E-state index contributed by atoms with van der Waals surface area (Å²) in [5.74, 6) is -0.790. The standard InChI is InChI=1S/C7H12N2O3S/c1-4(10)9-6(7(8)12)3-13-5(2)11/h6H,3H2,1-2H3,(H2,8,12)(H,9,10). The summed E-state index contributed by atoms with van der Waals surface area (Å²) in [5, 5.41) is 2.23. The summed E-state index contributed by atoms with van der Waals surface area (Å²) in [6.45, 7) is 2.67. The van der Waals surface area contributed by atoms with E-state index in [1.54, 1.807) is 0 Å². The molecule has 0 aromatic rings. The van der Waals surface area contributed by atoms with Crippen molar-refractivity contribution in [3.05, 3.63) is 0 Å². The highest BCUT2D eigenvalue weighted by molar-refractivity contribution is 8.13. The Bertz CT molecular complexity index is 230. The first kappa shape index (κ1) is 12.0. The summed E-state index contributed by atoms with van der Waals surface area (Å²) in [6.07, 6.45) is 0. The maximum Gasteiger partial charge on any atom is 0.240 e. The van der Waals surface area contributed by atoms with Gasteiger partial charge in [-0.1, -0.05) is 11.8 Å². The number of carbonyl (C=O) groups is 3. The van der Waals surface area contributed by atoms with Gasteiger partial charge in [-0.15, -0.1) is 0 Å². The molecule has 0 spiro atoms. The van der Waals surface area contributed by atoms with Crippen LogP contribution in [0.4, 0.5) is 0 Å². The van der Waals surface area contributed by atoms with Crippen molar-refractivity contribution in [2.24, 2.45) is 5.73 Å². The van der Waals surface area contributed by atoms with E-state index in [0.717, 1.165) is 11.8 Å². The second-order valence-electron chi connectivity index (χ2n) is 2.46. The van der Waals surface area contributed by atoms with Crippen LogP contribution in [0.25, 0.3) is 0 Å². The molecule has 1 unspecified atom stereocenters. The van der Waals surface area contributed by atoms with E-state index in [1.807, 2.05) is 0 Å². The molecule has 13 heavy (non-hydrogen) atoms. The number of nitrogens with one attached hydrogen (secondary N) is 1. The van der Waals surface area contributed by atoms with Crippen LogP contribution in [0, 0.1) is 0 Å². The third kappa shape index (κ3) is 6.15. The first-order valence-electron chi connectivity index (χ1n) is 3.63. The molecule has 5 nitrogen and oxygen atoms in total. The molecule has 0 aromatic heterocycles. The Labute approximate surface area is 80.4 Å². The van der Waals surface area contributed by atoms with Gasteiger partial charge in [0, 0.05) is 19.6 Å². The highest BCUT2D eigenvalue weighted by atomic mass is 32.2. The summed E-state index contributed by atoms with van der Waals surface area (Å²) in [4.78, 5) is 31.9. The van der Waals surface area contributed by atoms with Crippen LogP contribution in [-0.2, 0) is 14.4 Å². The van der Waals surface area contributed by atoms with Gasteiger partial charge in [0.25, 0.3) is 0 Å². The zero-order chi connectivity index (χ0) is 10.4. The molecule has 0 aromatic carbocycles. The van der Waals surface area contributed by atoms with Crippen molar-refractivity contribution in [1.29, 1.82) is 0 Å². The predicted molar refractivity (Wildman–Crippen MR) is 49.9 cm³/mol. The minimum atomic E-state index is -0.772. The fourth-order valence-electron chi connectivity index (χ4n) is 0.641. The van der Waals surface area contributed by atoms with E-state index in [1.165, 1.54) is 13.8 Å². The number of primary amides is 1. The minimum Gasteiger partial charge on any atom is -0.368 e. The maximum atomic E-state index is 10.7. The van der Waals surface area contributed by atoms with E-state index in [9.17, 15) is 14.4 Å². The van der Waals surface area contributed by atoms with Gasteiger partial charge >= 0.3 is 0 Å². The van der Waals surface area contributed by atoms with E-state index < -0.39 is 11.9 Å². The van der Waals surface area contributed by atoms with Crippen molar-refractivity contribution in [2.75, 3.05) is 5.75 Å².